The van der Waals surface area contributed by atoms with Crippen LogP contribution >= 0.6 is 0 Å². The summed E-state index contributed by atoms with van der Waals surface area (Å²) in [6.45, 7) is 0. The number of ether oxygens (including phenoxy) is 1. The predicted octanol–water partition coefficient (Wildman–Crippen LogP) is 4.52. The van der Waals surface area contributed by atoms with Crippen LogP contribution in [0.4, 0.5) is 0 Å². The molecule has 2 heteroatoms. The molecular formula is C17H26O2. The maximum atomic E-state index is 10.9. The summed E-state index contributed by atoms with van der Waals surface area (Å²) in [4.78, 5) is 10.9. The fourth-order valence-electron chi connectivity index (χ4n) is 2.23. The van der Waals surface area contributed by atoms with Crippen LogP contribution in [0.5, 0.6) is 0 Å². The Kier molecular flexibility index (Phi) is 8.78. The van der Waals surface area contributed by atoms with Crippen molar-refractivity contribution in [2.24, 2.45) is 0 Å². The lowest BCUT2D eigenvalue weighted by Crippen LogP contribution is -1.99. The molecular weight excluding hydrogens is 236 g/mol. The van der Waals surface area contributed by atoms with E-state index in [2.05, 4.69) is 35.1 Å². The average molecular weight is 262 g/mol. The van der Waals surface area contributed by atoms with Gasteiger partial charge in [-0.15, -0.1) is 0 Å². The van der Waals surface area contributed by atoms with Gasteiger partial charge in [-0.05, 0) is 24.8 Å². The molecule has 0 bridgehead atoms. The van der Waals surface area contributed by atoms with Crippen LogP contribution in [0.15, 0.2) is 30.3 Å². The molecule has 1 rings (SSSR count). The molecule has 0 fully saturated rings. The number of unbranched alkanes of at least 4 members (excludes halogenated alkanes) is 6. The van der Waals surface area contributed by atoms with E-state index in [0.717, 1.165) is 12.8 Å². The summed E-state index contributed by atoms with van der Waals surface area (Å²) in [6.07, 6.45) is 10.3. The maximum absolute atomic E-state index is 10.9. The van der Waals surface area contributed by atoms with Gasteiger partial charge in [-0.1, -0.05) is 62.4 Å². The Bertz CT molecular complexity index is 332. The smallest absolute Gasteiger partial charge is 0.305 e. The Morgan fingerprint density at radius 1 is 0.895 bits per heavy atom. The van der Waals surface area contributed by atoms with Gasteiger partial charge in [0.15, 0.2) is 0 Å². The van der Waals surface area contributed by atoms with Gasteiger partial charge in [0, 0.05) is 6.42 Å². The third-order valence-corrected chi connectivity index (χ3v) is 3.42. The monoisotopic (exact) mass is 262 g/mol. The van der Waals surface area contributed by atoms with Gasteiger partial charge in [-0.25, -0.2) is 0 Å². The Hall–Kier alpha value is -1.31. The predicted molar refractivity (Wildman–Crippen MR) is 79.1 cm³/mol. The van der Waals surface area contributed by atoms with Gasteiger partial charge in [0.2, 0.25) is 0 Å². The van der Waals surface area contributed by atoms with E-state index in [1.165, 1.54) is 51.2 Å². The first kappa shape index (κ1) is 15.7. The fraction of sp³-hybridized carbons (Fsp3) is 0.588. The molecule has 0 aliphatic carbocycles. The summed E-state index contributed by atoms with van der Waals surface area (Å²) in [5.41, 5.74) is 1.44. The molecule has 106 valence electrons. The minimum absolute atomic E-state index is 0.0807. The van der Waals surface area contributed by atoms with Gasteiger partial charge in [-0.3, -0.25) is 4.79 Å². The number of carbonyl (C=O) groups excluding carboxylic acids is 1. The molecule has 0 saturated carbocycles. The first-order chi connectivity index (χ1) is 9.33. The second-order valence-electron chi connectivity index (χ2n) is 5.04. The number of carbonyl (C=O) groups is 1. The number of benzene rings is 1. The highest BCUT2D eigenvalue weighted by atomic mass is 16.5. The van der Waals surface area contributed by atoms with Crippen molar-refractivity contribution >= 4 is 5.97 Å². The Morgan fingerprint density at radius 3 is 2.11 bits per heavy atom. The molecule has 0 spiro atoms. The van der Waals surface area contributed by atoms with Crippen LogP contribution < -0.4 is 0 Å². The first-order valence-electron chi connectivity index (χ1n) is 7.43. The van der Waals surface area contributed by atoms with Gasteiger partial charge in [0.05, 0.1) is 7.11 Å². The van der Waals surface area contributed by atoms with Crippen molar-refractivity contribution in [3.8, 4) is 0 Å². The third kappa shape index (κ3) is 8.41. The van der Waals surface area contributed by atoms with Crippen LogP contribution in [0.2, 0.25) is 0 Å². The van der Waals surface area contributed by atoms with Crippen LogP contribution in [0.3, 0.4) is 0 Å². The molecule has 1 aromatic carbocycles. The minimum atomic E-state index is -0.0807. The minimum Gasteiger partial charge on any atom is -0.469 e. The standard InChI is InChI=1S/C17H26O2/c1-19-17(18)15-11-6-4-2-3-5-8-12-16-13-9-7-10-14-16/h7,9-10,13-14H,2-6,8,11-12,15H2,1H3. The molecule has 0 amide bonds. The van der Waals surface area contributed by atoms with Crippen molar-refractivity contribution < 1.29 is 9.53 Å². The van der Waals surface area contributed by atoms with Crippen LogP contribution in [0, 0.1) is 0 Å². The molecule has 0 aliphatic rings. The first-order valence-corrected chi connectivity index (χ1v) is 7.43. The Balaban J connectivity index is 1.85. The largest absolute Gasteiger partial charge is 0.469 e. The quantitative estimate of drug-likeness (QED) is 0.457. The summed E-state index contributed by atoms with van der Waals surface area (Å²) in [5, 5.41) is 0. The van der Waals surface area contributed by atoms with E-state index in [9.17, 15) is 4.79 Å². The molecule has 0 heterocycles. The molecule has 2 nitrogen and oxygen atoms in total. The summed E-state index contributed by atoms with van der Waals surface area (Å²) in [7, 11) is 1.45. The molecule has 0 aromatic heterocycles. The van der Waals surface area contributed by atoms with Gasteiger partial charge < -0.3 is 4.74 Å². The molecule has 0 N–H and O–H groups in total. The zero-order chi connectivity index (χ0) is 13.8. The molecule has 0 saturated heterocycles. The molecule has 1 aromatic rings. The van der Waals surface area contributed by atoms with Gasteiger partial charge in [-0.2, -0.15) is 0 Å². The lowest BCUT2D eigenvalue weighted by Gasteiger charge is -2.03. The van der Waals surface area contributed by atoms with E-state index in [1.807, 2.05) is 0 Å². The highest BCUT2D eigenvalue weighted by Gasteiger charge is 1.99. The molecule has 19 heavy (non-hydrogen) atoms. The van der Waals surface area contributed by atoms with Crippen molar-refractivity contribution in [1.29, 1.82) is 0 Å². The highest BCUT2D eigenvalue weighted by Crippen LogP contribution is 2.11. The summed E-state index contributed by atoms with van der Waals surface area (Å²) in [6, 6.07) is 10.7. The third-order valence-electron chi connectivity index (χ3n) is 3.42. The van der Waals surface area contributed by atoms with E-state index in [0.29, 0.717) is 6.42 Å². The molecule has 0 unspecified atom stereocenters. The maximum Gasteiger partial charge on any atom is 0.305 e. The van der Waals surface area contributed by atoms with Crippen LogP contribution in [-0.4, -0.2) is 13.1 Å². The normalized spacial score (nSPS) is 10.4. The summed E-state index contributed by atoms with van der Waals surface area (Å²) in [5.74, 6) is -0.0807. The van der Waals surface area contributed by atoms with E-state index < -0.39 is 0 Å². The molecule has 0 atom stereocenters. The highest BCUT2D eigenvalue weighted by molar-refractivity contribution is 5.68. The SMILES string of the molecule is COC(=O)CCCCCCCCCc1ccccc1. The van der Waals surface area contributed by atoms with Crippen molar-refractivity contribution in [2.45, 2.75) is 57.8 Å². The topological polar surface area (TPSA) is 26.3 Å². The number of methoxy groups -OCH3 is 1. The Labute approximate surface area is 117 Å². The lowest BCUT2D eigenvalue weighted by molar-refractivity contribution is -0.140. The van der Waals surface area contributed by atoms with E-state index >= 15 is 0 Å². The van der Waals surface area contributed by atoms with Gasteiger partial charge >= 0.3 is 5.97 Å². The van der Waals surface area contributed by atoms with E-state index in [1.54, 1.807) is 0 Å². The molecule has 0 aliphatic heterocycles. The average Bonchev–Trinajstić information content (AvgIpc) is 2.46. The number of rotatable bonds is 10. The number of hydrogen-bond donors (Lipinski definition) is 0. The number of aryl methyl sites for hydroxylation is 1. The number of hydrogen-bond acceptors (Lipinski definition) is 2. The zero-order valence-corrected chi connectivity index (χ0v) is 12.1. The van der Waals surface area contributed by atoms with Crippen molar-refractivity contribution in [2.75, 3.05) is 7.11 Å². The van der Waals surface area contributed by atoms with Crippen LogP contribution in [-0.2, 0) is 16.0 Å². The van der Waals surface area contributed by atoms with Gasteiger partial charge in [0.25, 0.3) is 0 Å². The van der Waals surface area contributed by atoms with Crippen molar-refractivity contribution in [1.82, 2.24) is 0 Å². The van der Waals surface area contributed by atoms with Crippen molar-refractivity contribution in [3.05, 3.63) is 35.9 Å². The molecule has 0 radical (unpaired) electrons. The van der Waals surface area contributed by atoms with Gasteiger partial charge in [0.1, 0.15) is 0 Å². The van der Waals surface area contributed by atoms with E-state index in [-0.39, 0.29) is 5.97 Å². The fourth-order valence-corrected chi connectivity index (χ4v) is 2.23. The second kappa shape index (κ2) is 10.6. The lowest BCUT2D eigenvalue weighted by atomic mass is 10.0. The Morgan fingerprint density at radius 2 is 1.47 bits per heavy atom. The second-order valence-corrected chi connectivity index (χ2v) is 5.04. The van der Waals surface area contributed by atoms with Crippen LogP contribution in [0.25, 0.3) is 0 Å². The summed E-state index contributed by atoms with van der Waals surface area (Å²) < 4.78 is 4.61. The zero-order valence-electron chi connectivity index (χ0n) is 12.1. The van der Waals surface area contributed by atoms with E-state index in [4.69, 9.17) is 0 Å². The summed E-state index contributed by atoms with van der Waals surface area (Å²) >= 11 is 0. The van der Waals surface area contributed by atoms with Crippen molar-refractivity contribution in [3.63, 3.8) is 0 Å². The van der Waals surface area contributed by atoms with Crippen LogP contribution in [0.1, 0.15) is 56.9 Å². The number of esters is 1.